The number of fused-ring (bicyclic) bond motifs is 1. The molecule has 8 heteroatoms. The number of esters is 1. The van der Waals surface area contributed by atoms with E-state index in [1.54, 1.807) is 25.1 Å². The quantitative estimate of drug-likeness (QED) is 0.608. The van der Waals surface area contributed by atoms with Crippen molar-refractivity contribution in [1.82, 2.24) is 0 Å². The van der Waals surface area contributed by atoms with Crippen molar-refractivity contribution in [3.63, 3.8) is 0 Å². The first-order valence-corrected chi connectivity index (χ1v) is 10.6. The maximum absolute atomic E-state index is 12.4. The number of sulfonamides is 1. The summed E-state index contributed by atoms with van der Waals surface area (Å²) in [6.07, 6.45) is 2.49. The molecular formula is C20H21NO6S. The SMILES string of the molecule is Cc1ccc(C(=O)OCC(=O)c2ccc3c(c2)CCCN3S(C)(=O)=O)c(O)c1. The number of carbonyl (C=O) groups is 2. The Bertz CT molecular complexity index is 1040. The second kappa shape index (κ2) is 7.63. The van der Waals surface area contributed by atoms with Gasteiger partial charge in [-0.25, -0.2) is 13.2 Å². The Morgan fingerprint density at radius 2 is 1.93 bits per heavy atom. The van der Waals surface area contributed by atoms with Gasteiger partial charge in [0.15, 0.2) is 12.4 Å². The lowest BCUT2D eigenvalue weighted by Gasteiger charge is -2.29. The Labute approximate surface area is 163 Å². The van der Waals surface area contributed by atoms with Crippen LogP contribution in [-0.4, -0.2) is 44.7 Å². The molecule has 2 aromatic carbocycles. The van der Waals surface area contributed by atoms with E-state index in [2.05, 4.69) is 0 Å². The number of hydrogen-bond donors (Lipinski definition) is 1. The van der Waals surface area contributed by atoms with Gasteiger partial charge in [-0.15, -0.1) is 0 Å². The molecule has 7 nitrogen and oxygen atoms in total. The molecule has 0 aliphatic carbocycles. The smallest absolute Gasteiger partial charge is 0.342 e. The Balaban J connectivity index is 1.72. The maximum atomic E-state index is 12.4. The van der Waals surface area contributed by atoms with Crippen molar-refractivity contribution in [3.8, 4) is 5.75 Å². The Morgan fingerprint density at radius 1 is 1.18 bits per heavy atom. The fraction of sp³-hybridized carbons (Fsp3) is 0.300. The van der Waals surface area contributed by atoms with Crippen molar-refractivity contribution in [2.75, 3.05) is 23.7 Å². The second-order valence-corrected chi connectivity index (χ2v) is 8.71. The van der Waals surface area contributed by atoms with Gasteiger partial charge in [0.2, 0.25) is 10.0 Å². The molecule has 28 heavy (non-hydrogen) atoms. The zero-order valence-corrected chi connectivity index (χ0v) is 16.5. The summed E-state index contributed by atoms with van der Waals surface area (Å²) in [5.41, 5.74) is 2.47. The van der Waals surface area contributed by atoms with Crippen LogP contribution in [0.5, 0.6) is 5.75 Å². The minimum absolute atomic E-state index is 0.00682. The summed E-state index contributed by atoms with van der Waals surface area (Å²) in [6, 6.07) is 9.32. The lowest BCUT2D eigenvalue weighted by molar-refractivity contribution is 0.0472. The number of phenols is 1. The minimum atomic E-state index is -3.38. The third-order valence-corrected chi connectivity index (χ3v) is 5.77. The van der Waals surface area contributed by atoms with Crippen molar-refractivity contribution < 1.29 is 27.9 Å². The summed E-state index contributed by atoms with van der Waals surface area (Å²) >= 11 is 0. The molecule has 0 amide bonds. The van der Waals surface area contributed by atoms with Gasteiger partial charge in [0.05, 0.1) is 11.9 Å². The largest absolute Gasteiger partial charge is 0.507 e. The van der Waals surface area contributed by atoms with Crippen LogP contribution in [0.4, 0.5) is 5.69 Å². The number of Topliss-reactive ketones (excluding diaryl/α,β-unsaturated/α-hetero) is 1. The number of benzene rings is 2. The van der Waals surface area contributed by atoms with Gasteiger partial charge < -0.3 is 9.84 Å². The van der Waals surface area contributed by atoms with E-state index in [1.807, 2.05) is 0 Å². The Kier molecular flexibility index (Phi) is 5.42. The first kappa shape index (κ1) is 19.9. The van der Waals surface area contributed by atoms with Gasteiger partial charge in [-0.05, 0) is 61.2 Å². The molecule has 2 aromatic rings. The molecule has 1 aliphatic heterocycles. The van der Waals surface area contributed by atoms with Gasteiger partial charge >= 0.3 is 5.97 Å². The van der Waals surface area contributed by atoms with E-state index in [-0.39, 0.29) is 11.3 Å². The summed E-state index contributed by atoms with van der Waals surface area (Å²) in [4.78, 5) is 24.5. The molecule has 0 atom stereocenters. The highest BCUT2D eigenvalue weighted by atomic mass is 32.2. The van der Waals surface area contributed by atoms with E-state index in [0.29, 0.717) is 30.6 Å². The second-order valence-electron chi connectivity index (χ2n) is 6.80. The number of ketones is 1. The van der Waals surface area contributed by atoms with E-state index in [4.69, 9.17) is 4.74 Å². The third-order valence-electron chi connectivity index (χ3n) is 4.59. The van der Waals surface area contributed by atoms with Crippen LogP contribution in [0.15, 0.2) is 36.4 Å². The third kappa shape index (κ3) is 4.17. The van der Waals surface area contributed by atoms with Crippen molar-refractivity contribution >= 4 is 27.5 Å². The average molecular weight is 403 g/mol. The normalized spacial score (nSPS) is 13.7. The molecule has 0 fully saturated rings. The monoisotopic (exact) mass is 403 g/mol. The summed E-state index contributed by atoms with van der Waals surface area (Å²) in [7, 11) is -3.38. The molecule has 0 bridgehead atoms. The predicted molar refractivity (Wildman–Crippen MR) is 104 cm³/mol. The van der Waals surface area contributed by atoms with Crippen molar-refractivity contribution in [3.05, 3.63) is 58.7 Å². The lowest BCUT2D eigenvalue weighted by Crippen LogP contribution is -2.34. The van der Waals surface area contributed by atoms with Crippen LogP contribution in [0.2, 0.25) is 0 Å². The molecule has 0 aromatic heterocycles. The van der Waals surface area contributed by atoms with Crippen molar-refractivity contribution in [1.29, 1.82) is 0 Å². The molecule has 1 heterocycles. The molecule has 148 valence electrons. The summed E-state index contributed by atoms with van der Waals surface area (Å²) < 4.78 is 30.2. The zero-order valence-electron chi connectivity index (χ0n) is 15.6. The van der Waals surface area contributed by atoms with E-state index < -0.39 is 28.4 Å². The highest BCUT2D eigenvalue weighted by Gasteiger charge is 2.25. The average Bonchev–Trinajstić information content (AvgIpc) is 2.64. The van der Waals surface area contributed by atoms with Crippen LogP contribution in [0, 0.1) is 6.92 Å². The van der Waals surface area contributed by atoms with E-state index in [9.17, 15) is 23.1 Å². The fourth-order valence-corrected chi connectivity index (χ4v) is 4.18. The number of phenolic OH excluding ortho intramolecular Hbond substituents is 1. The molecule has 0 unspecified atom stereocenters. The molecule has 0 saturated carbocycles. The number of anilines is 1. The molecule has 3 rings (SSSR count). The van der Waals surface area contributed by atoms with Gasteiger partial charge in [0, 0.05) is 12.1 Å². The van der Waals surface area contributed by atoms with Crippen LogP contribution in [0.25, 0.3) is 0 Å². The van der Waals surface area contributed by atoms with E-state index >= 15 is 0 Å². The first-order valence-electron chi connectivity index (χ1n) is 8.77. The summed E-state index contributed by atoms with van der Waals surface area (Å²) in [5.74, 6) is -1.39. The number of nitrogens with zero attached hydrogens (tertiary/aromatic N) is 1. The molecule has 0 radical (unpaired) electrons. The van der Waals surface area contributed by atoms with Gasteiger partial charge in [0.1, 0.15) is 11.3 Å². The molecular weight excluding hydrogens is 382 g/mol. The topological polar surface area (TPSA) is 101 Å². The fourth-order valence-electron chi connectivity index (χ4n) is 3.19. The molecule has 0 spiro atoms. The minimum Gasteiger partial charge on any atom is -0.507 e. The number of carbonyl (C=O) groups excluding carboxylic acids is 2. The van der Waals surface area contributed by atoms with Gasteiger partial charge in [-0.3, -0.25) is 9.10 Å². The van der Waals surface area contributed by atoms with Crippen LogP contribution in [-0.2, 0) is 21.2 Å². The lowest BCUT2D eigenvalue weighted by atomic mass is 9.99. The zero-order chi connectivity index (χ0) is 20.5. The van der Waals surface area contributed by atoms with E-state index in [1.165, 1.54) is 22.5 Å². The highest BCUT2D eigenvalue weighted by molar-refractivity contribution is 7.92. The number of aromatic hydroxyl groups is 1. The van der Waals surface area contributed by atoms with E-state index in [0.717, 1.165) is 17.4 Å². The number of ether oxygens (including phenoxy) is 1. The standard InChI is InChI=1S/C20H21NO6S/c1-13-5-7-16(18(22)10-13)20(24)27-12-19(23)15-6-8-17-14(11-15)4-3-9-21(17)28(2,25)26/h5-8,10-11,22H,3-4,9,12H2,1-2H3. The maximum Gasteiger partial charge on any atom is 0.342 e. The van der Waals surface area contributed by atoms with Crippen LogP contribution in [0.1, 0.15) is 38.3 Å². The number of aryl methyl sites for hydroxylation is 2. The van der Waals surface area contributed by atoms with Crippen molar-refractivity contribution in [2.45, 2.75) is 19.8 Å². The number of rotatable bonds is 5. The Hall–Kier alpha value is -2.87. The highest BCUT2D eigenvalue weighted by Crippen LogP contribution is 2.30. The first-order chi connectivity index (χ1) is 13.2. The molecule has 1 aliphatic rings. The predicted octanol–water partition coefficient (Wildman–Crippen LogP) is 2.45. The van der Waals surface area contributed by atoms with Crippen LogP contribution >= 0.6 is 0 Å². The van der Waals surface area contributed by atoms with Crippen LogP contribution in [0.3, 0.4) is 0 Å². The van der Waals surface area contributed by atoms with Gasteiger partial charge in [0.25, 0.3) is 0 Å². The summed E-state index contributed by atoms with van der Waals surface area (Å²) in [6.45, 7) is 1.72. The van der Waals surface area contributed by atoms with Gasteiger partial charge in [-0.1, -0.05) is 6.07 Å². The molecule has 0 saturated heterocycles. The molecule has 1 N–H and O–H groups in total. The summed E-state index contributed by atoms with van der Waals surface area (Å²) in [5, 5.41) is 9.83. The van der Waals surface area contributed by atoms with Crippen molar-refractivity contribution in [2.24, 2.45) is 0 Å². The van der Waals surface area contributed by atoms with Gasteiger partial charge in [-0.2, -0.15) is 0 Å². The van der Waals surface area contributed by atoms with Crippen LogP contribution < -0.4 is 4.31 Å². The number of hydrogen-bond acceptors (Lipinski definition) is 6. The Morgan fingerprint density at radius 3 is 2.61 bits per heavy atom.